The molecule has 2 saturated carbocycles. The molecule has 0 saturated heterocycles. The lowest BCUT2D eigenvalue weighted by Crippen LogP contribution is -2.46. The van der Waals surface area contributed by atoms with Gasteiger partial charge in [0.15, 0.2) is 0 Å². The molecule has 0 unspecified atom stereocenters. The fourth-order valence-corrected chi connectivity index (χ4v) is 5.20. The molecule has 2 aliphatic rings. The number of benzene rings is 1. The number of rotatable bonds is 3. The highest BCUT2D eigenvalue weighted by Gasteiger charge is 2.61. The molecule has 1 amide bonds. The average Bonchev–Trinajstić information content (AvgIpc) is 3.14. The minimum absolute atomic E-state index is 0.00141. The molecule has 2 aromatic rings. The van der Waals surface area contributed by atoms with Crippen molar-refractivity contribution in [2.45, 2.75) is 46.1 Å². The van der Waals surface area contributed by atoms with Crippen molar-refractivity contribution in [1.29, 1.82) is 0 Å². The van der Waals surface area contributed by atoms with Crippen LogP contribution in [0.1, 0.15) is 50.4 Å². The van der Waals surface area contributed by atoms with Gasteiger partial charge in [0.25, 0.3) is 5.91 Å². The largest absolute Gasteiger partial charge is 0.349 e. The molecule has 4 nitrogen and oxygen atoms in total. The summed E-state index contributed by atoms with van der Waals surface area (Å²) < 4.78 is 1.79. The van der Waals surface area contributed by atoms with Gasteiger partial charge >= 0.3 is 0 Å². The Bertz CT molecular complexity index is 808. The number of fused-ring (bicyclic) bond motifs is 2. The highest BCUT2D eigenvalue weighted by Crippen LogP contribution is 2.65. The SMILES string of the molecule is Cn1ncc(C(=O)N[C@H]2C[C@H]3CC[C@]2(C)C3(C)C)c1-c1ccccc1. The van der Waals surface area contributed by atoms with Crippen LogP contribution in [0.5, 0.6) is 0 Å². The van der Waals surface area contributed by atoms with Crippen molar-refractivity contribution in [3.63, 3.8) is 0 Å². The van der Waals surface area contributed by atoms with E-state index in [0.717, 1.165) is 17.7 Å². The zero-order chi connectivity index (χ0) is 17.8. The van der Waals surface area contributed by atoms with Gasteiger partial charge in [0.05, 0.1) is 17.5 Å². The summed E-state index contributed by atoms with van der Waals surface area (Å²) in [5, 5.41) is 7.69. The molecule has 2 aliphatic carbocycles. The van der Waals surface area contributed by atoms with Crippen LogP contribution in [0, 0.1) is 16.7 Å². The third-order valence-corrected chi connectivity index (χ3v) is 7.33. The molecule has 1 N–H and O–H groups in total. The standard InChI is InChI=1S/C21H27N3O/c1-20(2)15-10-11-21(20,3)17(12-15)23-19(25)16-13-22-24(4)18(16)14-8-6-5-7-9-14/h5-9,13,15,17H,10-12H2,1-4H3,(H,23,25)/t15-,17+,21+/m1/s1. The summed E-state index contributed by atoms with van der Waals surface area (Å²) in [5.74, 6) is 0.715. The molecule has 0 radical (unpaired) electrons. The summed E-state index contributed by atoms with van der Waals surface area (Å²) >= 11 is 0. The van der Waals surface area contributed by atoms with E-state index in [9.17, 15) is 4.79 Å². The Labute approximate surface area is 149 Å². The van der Waals surface area contributed by atoms with Crippen molar-refractivity contribution >= 4 is 5.91 Å². The Morgan fingerprint density at radius 2 is 1.96 bits per heavy atom. The Kier molecular flexibility index (Phi) is 3.57. The average molecular weight is 337 g/mol. The number of aryl methyl sites for hydroxylation is 1. The highest BCUT2D eigenvalue weighted by molar-refractivity contribution is 6.00. The molecular weight excluding hydrogens is 310 g/mol. The third-order valence-electron chi connectivity index (χ3n) is 7.33. The predicted octanol–water partition coefficient (Wildman–Crippen LogP) is 4.03. The first-order valence-corrected chi connectivity index (χ1v) is 9.23. The number of hydrogen-bond donors (Lipinski definition) is 1. The van der Waals surface area contributed by atoms with Crippen LogP contribution in [0.25, 0.3) is 11.3 Å². The molecule has 1 aromatic heterocycles. The van der Waals surface area contributed by atoms with E-state index in [1.54, 1.807) is 10.9 Å². The molecule has 4 heteroatoms. The zero-order valence-electron chi connectivity index (χ0n) is 15.5. The lowest BCUT2D eigenvalue weighted by atomic mass is 9.69. The van der Waals surface area contributed by atoms with E-state index in [1.165, 1.54) is 12.8 Å². The normalized spacial score (nSPS) is 29.8. The van der Waals surface area contributed by atoms with Gasteiger partial charge in [0.1, 0.15) is 0 Å². The number of hydrogen-bond acceptors (Lipinski definition) is 2. The number of aromatic nitrogens is 2. The number of carbonyl (C=O) groups excluding carboxylic acids is 1. The highest BCUT2D eigenvalue weighted by atomic mass is 16.1. The summed E-state index contributed by atoms with van der Waals surface area (Å²) in [6.45, 7) is 7.10. The van der Waals surface area contributed by atoms with Crippen LogP contribution in [0.4, 0.5) is 0 Å². The minimum Gasteiger partial charge on any atom is -0.349 e. The van der Waals surface area contributed by atoms with E-state index in [2.05, 4.69) is 31.2 Å². The van der Waals surface area contributed by atoms with E-state index in [1.807, 2.05) is 37.4 Å². The van der Waals surface area contributed by atoms with Crippen molar-refractivity contribution in [1.82, 2.24) is 15.1 Å². The van der Waals surface area contributed by atoms with E-state index in [0.29, 0.717) is 16.9 Å². The lowest BCUT2D eigenvalue weighted by Gasteiger charge is -2.39. The maximum atomic E-state index is 13.1. The number of carbonyl (C=O) groups is 1. The maximum absolute atomic E-state index is 13.1. The van der Waals surface area contributed by atoms with Crippen LogP contribution in [-0.2, 0) is 7.05 Å². The van der Waals surface area contributed by atoms with Gasteiger partial charge < -0.3 is 5.32 Å². The smallest absolute Gasteiger partial charge is 0.255 e. The van der Waals surface area contributed by atoms with Crippen molar-refractivity contribution in [3.05, 3.63) is 42.1 Å². The monoisotopic (exact) mass is 337 g/mol. The second-order valence-corrected chi connectivity index (χ2v) is 8.53. The van der Waals surface area contributed by atoms with E-state index < -0.39 is 0 Å². The fraction of sp³-hybridized carbons (Fsp3) is 0.524. The van der Waals surface area contributed by atoms with E-state index in [4.69, 9.17) is 0 Å². The number of nitrogens with zero attached hydrogens (tertiary/aromatic N) is 2. The summed E-state index contributed by atoms with van der Waals surface area (Å²) in [6.07, 6.45) is 5.28. The Hall–Kier alpha value is -2.10. The first kappa shape index (κ1) is 16.4. The Morgan fingerprint density at radius 1 is 1.24 bits per heavy atom. The molecule has 4 rings (SSSR count). The van der Waals surface area contributed by atoms with Crippen molar-refractivity contribution < 1.29 is 4.79 Å². The van der Waals surface area contributed by atoms with Crippen LogP contribution in [0.3, 0.4) is 0 Å². The summed E-state index contributed by atoms with van der Waals surface area (Å²) in [5.41, 5.74) is 3.04. The van der Waals surface area contributed by atoms with Gasteiger partial charge in [-0.1, -0.05) is 51.1 Å². The third kappa shape index (κ3) is 2.26. The number of amides is 1. The molecule has 2 fully saturated rings. The van der Waals surface area contributed by atoms with Crippen molar-refractivity contribution in [2.24, 2.45) is 23.8 Å². The summed E-state index contributed by atoms with van der Waals surface area (Å²) in [4.78, 5) is 13.1. The minimum atomic E-state index is 0.00141. The van der Waals surface area contributed by atoms with Gasteiger partial charge in [-0.25, -0.2) is 0 Å². The van der Waals surface area contributed by atoms with Crippen molar-refractivity contribution in [2.75, 3.05) is 0 Å². The molecule has 3 atom stereocenters. The molecule has 1 heterocycles. The molecular formula is C21H27N3O. The molecule has 1 aromatic carbocycles. The topological polar surface area (TPSA) is 46.9 Å². The maximum Gasteiger partial charge on any atom is 0.255 e. The van der Waals surface area contributed by atoms with Crippen LogP contribution >= 0.6 is 0 Å². The molecule has 2 bridgehead atoms. The second-order valence-electron chi connectivity index (χ2n) is 8.53. The van der Waals surface area contributed by atoms with E-state index >= 15 is 0 Å². The summed E-state index contributed by atoms with van der Waals surface area (Å²) in [6, 6.07) is 10.3. The Balaban J connectivity index is 1.62. The first-order chi connectivity index (χ1) is 11.8. The van der Waals surface area contributed by atoms with Gasteiger partial charge in [-0.05, 0) is 36.0 Å². The van der Waals surface area contributed by atoms with Gasteiger partial charge in [0, 0.05) is 18.7 Å². The molecule has 132 valence electrons. The molecule has 0 spiro atoms. The first-order valence-electron chi connectivity index (χ1n) is 9.23. The number of nitrogens with one attached hydrogen (secondary N) is 1. The van der Waals surface area contributed by atoms with Crippen LogP contribution in [0.2, 0.25) is 0 Å². The van der Waals surface area contributed by atoms with Crippen molar-refractivity contribution in [3.8, 4) is 11.3 Å². The summed E-state index contributed by atoms with van der Waals surface area (Å²) in [7, 11) is 1.89. The second kappa shape index (κ2) is 5.45. The van der Waals surface area contributed by atoms with Crippen LogP contribution in [0.15, 0.2) is 36.5 Å². The Morgan fingerprint density at radius 3 is 2.56 bits per heavy atom. The fourth-order valence-electron chi connectivity index (χ4n) is 5.20. The molecule has 25 heavy (non-hydrogen) atoms. The van der Waals surface area contributed by atoms with Gasteiger partial charge in [0.2, 0.25) is 0 Å². The quantitative estimate of drug-likeness (QED) is 0.919. The van der Waals surface area contributed by atoms with Crippen LogP contribution in [-0.4, -0.2) is 21.7 Å². The van der Waals surface area contributed by atoms with E-state index in [-0.39, 0.29) is 17.4 Å². The zero-order valence-corrected chi connectivity index (χ0v) is 15.5. The van der Waals surface area contributed by atoms with Gasteiger partial charge in [-0.2, -0.15) is 5.10 Å². The molecule has 0 aliphatic heterocycles. The lowest BCUT2D eigenvalue weighted by molar-refractivity contribution is 0.0826. The van der Waals surface area contributed by atoms with Crippen LogP contribution < -0.4 is 5.32 Å². The van der Waals surface area contributed by atoms with Gasteiger partial charge in [-0.15, -0.1) is 0 Å². The van der Waals surface area contributed by atoms with Gasteiger partial charge in [-0.3, -0.25) is 9.48 Å². The predicted molar refractivity (Wildman–Crippen MR) is 99.1 cm³/mol.